The van der Waals surface area contributed by atoms with Gasteiger partial charge in [0.25, 0.3) is 0 Å². The second kappa shape index (κ2) is 7.48. The maximum absolute atomic E-state index is 15.2. The van der Waals surface area contributed by atoms with E-state index >= 15 is 4.39 Å². The van der Waals surface area contributed by atoms with Gasteiger partial charge in [0.15, 0.2) is 10.9 Å². The van der Waals surface area contributed by atoms with Crippen molar-refractivity contribution in [1.29, 1.82) is 0 Å². The number of thiazole rings is 1. The normalized spacial score (nSPS) is 10.9. The summed E-state index contributed by atoms with van der Waals surface area (Å²) in [5.41, 5.74) is 1.74. The van der Waals surface area contributed by atoms with Crippen LogP contribution in [0.4, 0.5) is 21.0 Å². The van der Waals surface area contributed by atoms with Crippen LogP contribution in [-0.4, -0.2) is 20.4 Å². The van der Waals surface area contributed by atoms with Crippen molar-refractivity contribution in [3.63, 3.8) is 0 Å². The number of aryl methyl sites for hydroxylation is 2. The van der Waals surface area contributed by atoms with E-state index in [0.29, 0.717) is 22.2 Å². The summed E-state index contributed by atoms with van der Waals surface area (Å²) in [6.45, 7) is 5.37. The summed E-state index contributed by atoms with van der Waals surface area (Å²) in [6, 6.07) is 8.62. The molecule has 0 radical (unpaired) electrons. The van der Waals surface area contributed by atoms with Crippen molar-refractivity contribution in [1.82, 2.24) is 14.5 Å². The van der Waals surface area contributed by atoms with E-state index in [9.17, 15) is 4.79 Å². The Bertz CT molecular complexity index is 1240. The quantitative estimate of drug-likeness (QED) is 0.456. The molecule has 6 nitrogen and oxygen atoms in total. The van der Waals surface area contributed by atoms with E-state index in [0.717, 1.165) is 21.9 Å². The Morgan fingerprint density at radius 2 is 2.17 bits per heavy atom. The largest absolute Gasteiger partial charge is 0.350 e. The summed E-state index contributed by atoms with van der Waals surface area (Å²) < 4.78 is 17.2. The number of rotatable bonds is 5. The van der Waals surface area contributed by atoms with Crippen LogP contribution in [0.3, 0.4) is 0 Å². The molecule has 0 saturated carbocycles. The molecule has 8 heteroatoms. The molecule has 146 valence electrons. The number of hydrogen-bond donors (Lipinski definition) is 2. The van der Waals surface area contributed by atoms with Crippen LogP contribution in [0.1, 0.15) is 4.88 Å². The van der Waals surface area contributed by atoms with E-state index in [4.69, 9.17) is 0 Å². The van der Waals surface area contributed by atoms with Gasteiger partial charge in [0.05, 0.1) is 16.9 Å². The molecule has 0 aliphatic carbocycles. The molecule has 0 fully saturated rings. The van der Waals surface area contributed by atoms with Crippen molar-refractivity contribution in [2.45, 2.75) is 6.92 Å². The predicted octanol–water partition coefficient (Wildman–Crippen LogP) is 5.01. The number of fused-ring (bicyclic) bond motifs is 1. The number of anilines is 3. The number of benzene rings is 1. The standard InChI is InChI=1S/C21H18FN5OS/c1-4-18(28)24-15-7-5-6-14(19(15)22)20-13-8-9-27(3)16(13)10-17(25-20)26-21-23-11-12(2)29-21/h4-11H,1H2,2-3H3,(H,24,28)(H,23,25,26). The molecule has 29 heavy (non-hydrogen) atoms. The number of nitrogens with one attached hydrogen (secondary N) is 2. The van der Waals surface area contributed by atoms with Crippen molar-refractivity contribution in [2.24, 2.45) is 7.05 Å². The number of aromatic nitrogens is 3. The third-order valence-corrected chi connectivity index (χ3v) is 5.26. The first-order chi connectivity index (χ1) is 14.0. The summed E-state index contributed by atoms with van der Waals surface area (Å²) in [6.07, 6.45) is 4.77. The Morgan fingerprint density at radius 3 is 2.90 bits per heavy atom. The van der Waals surface area contributed by atoms with Gasteiger partial charge in [-0.2, -0.15) is 0 Å². The van der Waals surface area contributed by atoms with E-state index in [1.807, 2.05) is 36.9 Å². The summed E-state index contributed by atoms with van der Waals surface area (Å²) in [7, 11) is 1.92. The molecule has 4 rings (SSSR count). The Labute approximate surface area is 170 Å². The SMILES string of the molecule is C=CC(=O)Nc1cccc(-c2nc(Nc3ncc(C)s3)cc3c2ccn3C)c1F. The smallest absolute Gasteiger partial charge is 0.247 e. The van der Waals surface area contributed by atoms with Gasteiger partial charge in [-0.3, -0.25) is 4.79 Å². The molecule has 2 N–H and O–H groups in total. The van der Waals surface area contributed by atoms with Crippen molar-refractivity contribution in [3.05, 3.63) is 66.1 Å². The average molecular weight is 407 g/mol. The Morgan fingerprint density at radius 1 is 1.34 bits per heavy atom. The molecule has 1 aromatic carbocycles. The lowest BCUT2D eigenvalue weighted by molar-refractivity contribution is -0.111. The van der Waals surface area contributed by atoms with Gasteiger partial charge < -0.3 is 15.2 Å². The zero-order valence-corrected chi connectivity index (χ0v) is 16.7. The van der Waals surface area contributed by atoms with Gasteiger partial charge in [-0.1, -0.05) is 12.6 Å². The second-order valence-corrected chi connectivity index (χ2v) is 7.71. The van der Waals surface area contributed by atoms with Crippen LogP contribution in [0.25, 0.3) is 22.2 Å². The number of nitrogens with zero attached hydrogens (tertiary/aromatic N) is 3. The van der Waals surface area contributed by atoms with Crippen molar-refractivity contribution >= 4 is 44.8 Å². The molecule has 0 unspecified atom stereocenters. The minimum absolute atomic E-state index is 0.0761. The first-order valence-corrected chi connectivity index (χ1v) is 9.65. The first kappa shape index (κ1) is 18.8. The van der Waals surface area contributed by atoms with Crippen LogP contribution in [0.5, 0.6) is 0 Å². The van der Waals surface area contributed by atoms with Gasteiger partial charge in [-0.15, -0.1) is 11.3 Å². The first-order valence-electron chi connectivity index (χ1n) is 8.84. The molecule has 3 aromatic heterocycles. The molecule has 0 atom stereocenters. The lowest BCUT2D eigenvalue weighted by atomic mass is 10.1. The third kappa shape index (κ3) is 3.62. The number of halogens is 1. The molecule has 0 aliphatic rings. The summed E-state index contributed by atoms with van der Waals surface area (Å²) in [5.74, 6) is -0.473. The van der Waals surface area contributed by atoms with Crippen molar-refractivity contribution in [2.75, 3.05) is 10.6 Å². The van der Waals surface area contributed by atoms with Gasteiger partial charge in [0.1, 0.15) is 5.82 Å². The summed E-state index contributed by atoms with van der Waals surface area (Å²) >= 11 is 1.51. The van der Waals surface area contributed by atoms with Crippen LogP contribution < -0.4 is 10.6 Å². The number of carbonyl (C=O) groups is 1. The zero-order valence-electron chi connectivity index (χ0n) is 15.9. The van der Waals surface area contributed by atoms with E-state index < -0.39 is 11.7 Å². The zero-order chi connectivity index (χ0) is 20.5. The highest BCUT2D eigenvalue weighted by Crippen LogP contribution is 2.34. The fraction of sp³-hybridized carbons (Fsp3) is 0.0952. The monoisotopic (exact) mass is 407 g/mol. The van der Waals surface area contributed by atoms with E-state index in [1.165, 1.54) is 17.4 Å². The van der Waals surface area contributed by atoms with Crippen molar-refractivity contribution in [3.8, 4) is 11.3 Å². The summed E-state index contributed by atoms with van der Waals surface area (Å²) in [5, 5.41) is 7.20. The molecule has 3 heterocycles. The summed E-state index contributed by atoms with van der Waals surface area (Å²) in [4.78, 5) is 21.7. The van der Waals surface area contributed by atoms with Gasteiger partial charge in [0.2, 0.25) is 5.91 Å². The Balaban J connectivity index is 1.86. The number of hydrogen-bond acceptors (Lipinski definition) is 5. The molecule has 0 spiro atoms. The van der Waals surface area contributed by atoms with Crippen LogP contribution in [-0.2, 0) is 11.8 Å². The van der Waals surface area contributed by atoms with Crippen LogP contribution in [0.2, 0.25) is 0 Å². The molecular formula is C21H18FN5OS. The van der Waals surface area contributed by atoms with Crippen LogP contribution >= 0.6 is 11.3 Å². The van der Waals surface area contributed by atoms with E-state index in [2.05, 4.69) is 27.2 Å². The van der Waals surface area contributed by atoms with Crippen LogP contribution in [0.15, 0.2) is 55.4 Å². The molecule has 4 aromatic rings. The topological polar surface area (TPSA) is 71.8 Å². The maximum atomic E-state index is 15.2. The highest BCUT2D eigenvalue weighted by atomic mass is 32.1. The molecule has 0 bridgehead atoms. The highest BCUT2D eigenvalue weighted by molar-refractivity contribution is 7.15. The lowest BCUT2D eigenvalue weighted by Crippen LogP contribution is -2.09. The molecule has 0 aliphatic heterocycles. The van der Waals surface area contributed by atoms with Gasteiger partial charge >= 0.3 is 0 Å². The predicted molar refractivity (Wildman–Crippen MR) is 115 cm³/mol. The fourth-order valence-corrected chi connectivity index (χ4v) is 3.72. The highest BCUT2D eigenvalue weighted by Gasteiger charge is 2.17. The average Bonchev–Trinajstić information content (AvgIpc) is 3.28. The van der Waals surface area contributed by atoms with Gasteiger partial charge in [0, 0.05) is 41.3 Å². The number of amides is 1. The maximum Gasteiger partial charge on any atom is 0.247 e. The molecular weight excluding hydrogens is 389 g/mol. The minimum atomic E-state index is -0.553. The lowest BCUT2D eigenvalue weighted by Gasteiger charge is -2.12. The fourth-order valence-electron chi connectivity index (χ4n) is 3.05. The third-order valence-electron chi connectivity index (χ3n) is 4.43. The second-order valence-electron chi connectivity index (χ2n) is 6.48. The van der Waals surface area contributed by atoms with Gasteiger partial charge in [-0.25, -0.2) is 14.4 Å². The Hall–Kier alpha value is -3.52. The van der Waals surface area contributed by atoms with Crippen molar-refractivity contribution < 1.29 is 9.18 Å². The number of pyridine rings is 1. The van der Waals surface area contributed by atoms with E-state index in [-0.39, 0.29) is 5.69 Å². The number of carbonyl (C=O) groups excluding carboxylic acids is 1. The minimum Gasteiger partial charge on any atom is -0.350 e. The van der Waals surface area contributed by atoms with Crippen LogP contribution in [0, 0.1) is 12.7 Å². The molecule has 0 saturated heterocycles. The van der Waals surface area contributed by atoms with Gasteiger partial charge in [-0.05, 0) is 31.2 Å². The Kier molecular flexibility index (Phi) is 4.85. The van der Waals surface area contributed by atoms with E-state index in [1.54, 1.807) is 18.3 Å². The molecule has 1 amide bonds.